The predicted molar refractivity (Wildman–Crippen MR) is 101 cm³/mol. The van der Waals surface area contributed by atoms with Crippen LogP contribution in [-0.4, -0.2) is 21.5 Å². The van der Waals surface area contributed by atoms with E-state index in [1.807, 2.05) is 6.07 Å². The van der Waals surface area contributed by atoms with Crippen LogP contribution in [0.4, 0.5) is 0 Å². The zero-order valence-electron chi connectivity index (χ0n) is 14.6. The summed E-state index contributed by atoms with van der Waals surface area (Å²) in [5, 5.41) is 8.96. The summed E-state index contributed by atoms with van der Waals surface area (Å²) in [6.45, 7) is 3.57. The second kappa shape index (κ2) is 8.94. The first-order chi connectivity index (χ1) is 12.9. The maximum atomic E-state index is 12.8. The van der Waals surface area contributed by atoms with Gasteiger partial charge in [-0.15, -0.1) is 0 Å². The largest absolute Gasteiger partial charge is 0.466 e. The summed E-state index contributed by atoms with van der Waals surface area (Å²) in [7, 11) is -2.72. The number of allylic oxidation sites excluding steroid dienone is 2. The molecule has 7 heteroatoms. The molecule has 0 fully saturated rings. The van der Waals surface area contributed by atoms with Crippen LogP contribution in [0.1, 0.15) is 17.2 Å². The topological polar surface area (TPSA) is 96.3 Å². The molecule has 0 saturated heterocycles. The number of esters is 1. The number of methoxy groups -OCH3 is 1. The van der Waals surface area contributed by atoms with Crippen molar-refractivity contribution in [2.45, 2.75) is 10.9 Å². The smallest absolute Gasteiger partial charge is 0.335 e. The van der Waals surface area contributed by atoms with Crippen LogP contribution in [0, 0.1) is 11.3 Å². The zero-order valence-corrected chi connectivity index (χ0v) is 15.4. The molecule has 0 bridgehead atoms. The van der Waals surface area contributed by atoms with Crippen molar-refractivity contribution in [3.8, 4) is 6.07 Å². The van der Waals surface area contributed by atoms with Crippen molar-refractivity contribution < 1.29 is 17.9 Å². The minimum atomic E-state index is -3.93. The first kappa shape index (κ1) is 20.1. The van der Waals surface area contributed by atoms with E-state index >= 15 is 0 Å². The highest BCUT2D eigenvalue weighted by Crippen LogP contribution is 2.26. The van der Waals surface area contributed by atoms with Gasteiger partial charge < -0.3 is 4.74 Å². The Balaban J connectivity index is 2.55. The maximum absolute atomic E-state index is 12.8. The lowest BCUT2D eigenvalue weighted by molar-refractivity contribution is -0.136. The van der Waals surface area contributed by atoms with Crippen molar-refractivity contribution in [2.24, 2.45) is 0 Å². The van der Waals surface area contributed by atoms with E-state index in [-0.39, 0.29) is 10.5 Å². The van der Waals surface area contributed by atoms with Gasteiger partial charge in [0, 0.05) is 0 Å². The summed E-state index contributed by atoms with van der Waals surface area (Å²) < 4.78 is 32.9. The zero-order chi connectivity index (χ0) is 19.9. The van der Waals surface area contributed by atoms with E-state index in [1.54, 1.807) is 42.5 Å². The lowest BCUT2D eigenvalue weighted by Crippen LogP contribution is -2.32. The van der Waals surface area contributed by atoms with Crippen LogP contribution in [0.25, 0.3) is 0 Å². The van der Waals surface area contributed by atoms with Crippen molar-refractivity contribution >= 4 is 16.0 Å². The molecule has 1 unspecified atom stereocenters. The van der Waals surface area contributed by atoms with E-state index in [2.05, 4.69) is 11.3 Å². The summed E-state index contributed by atoms with van der Waals surface area (Å²) in [5.74, 6) is -0.694. The SMILES string of the molecule is C=C/C=C(/C(=O)OC)C(NS(=O)(=O)c1ccccc1)c1ccc(C#N)cc1. The van der Waals surface area contributed by atoms with Gasteiger partial charge in [-0.2, -0.15) is 9.98 Å². The minimum absolute atomic E-state index is 0.0615. The molecule has 1 N–H and O–H groups in total. The molecule has 0 aliphatic rings. The van der Waals surface area contributed by atoms with Gasteiger partial charge in [-0.1, -0.05) is 49.1 Å². The second-order valence-electron chi connectivity index (χ2n) is 5.45. The number of hydrogen-bond acceptors (Lipinski definition) is 5. The molecule has 0 aliphatic carbocycles. The summed E-state index contributed by atoms with van der Waals surface area (Å²) >= 11 is 0. The quantitative estimate of drug-likeness (QED) is 0.451. The van der Waals surface area contributed by atoms with E-state index in [4.69, 9.17) is 10.00 Å². The predicted octanol–water partition coefficient (Wildman–Crippen LogP) is 2.86. The van der Waals surface area contributed by atoms with Gasteiger partial charge in [0.2, 0.25) is 10.0 Å². The van der Waals surface area contributed by atoms with Crippen molar-refractivity contribution in [2.75, 3.05) is 7.11 Å². The minimum Gasteiger partial charge on any atom is -0.466 e. The van der Waals surface area contributed by atoms with Gasteiger partial charge in [0.15, 0.2) is 0 Å². The first-order valence-corrected chi connectivity index (χ1v) is 9.39. The Morgan fingerprint density at radius 3 is 2.33 bits per heavy atom. The third kappa shape index (κ3) is 4.91. The Morgan fingerprint density at radius 2 is 1.81 bits per heavy atom. The number of carbonyl (C=O) groups excluding carboxylic acids is 1. The number of nitriles is 1. The maximum Gasteiger partial charge on any atom is 0.335 e. The number of hydrogen-bond donors (Lipinski definition) is 1. The van der Waals surface area contributed by atoms with E-state index in [9.17, 15) is 13.2 Å². The Labute approximate surface area is 158 Å². The Morgan fingerprint density at radius 1 is 1.19 bits per heavy atom. The lowest BCUT2D eigenvalue weighted by Gasteiger charge is -2.21. The summed E-state index contributed by atoms with van der Waals surface area (Å²) in [6, 6.07) is 15.0. The molecule has 0 amide bonds. The van der Waals surface area contributed by atoms with Crippen LogP contribution in [0.3, 0.4) is 0 Å². The van der Waals surface area contributed by atoms with E-state index in [0.29, 0.717) is 11.1 Å². The number of benzene rings is 2. The average molecular weight is 382 g/mol. The highest BCUT2D eigenvalue weighted by atomic mass is 32.2. The van der Waals surface area contributed by atoms with Crippen LogP contribution < -0.4 is 4.72 Å². The number of nitrogens with zero attached hydrogens (tertiary/aromatic N) is 1. The van der Waals surface area contributed by atoms with Gasteiger partial charge in [-0.3, -0.25) is 0 Å². The Bertz CT molecular complexity index is 989. The number of carbonyl (C=O) groups is 1. The van der Waals surface area contributed by atoms with Crippen LogP contribution in [0.2, 0.25) is 0 Å². The Hall–Kier alpha value is -3.21. The second-order valence-corrected chi connectivity index (χ2v) is 7.16. The monoisotopic (exact) mass is 382 g/mol. The van der Waals surface area contributed by atoms with Crippen molar-refractivity contribution in [3.63, 3.8) is 0 Å². The number of nitrogens with one attached hydrogen (secondary N) is 1. The van der Waals surface area contributed by atoms with Crippen molar-refractivity contribution in [1.29, 1.82) is 5.26 Å². The average Bonchev–Trinajstić information content (AvgIpc) is 2.70. The highest BCUT2D eigenvalue weighted by Gasteiger charge is 2.28. The molecule has 0 spiro atoms. The molecule has 0 saturated carbocycles. The molecule has 2 aromatic carbocycles. The number of ether oxygens (including phenoxy) is 1. The standard InChI is InChI=1S/C20H18N2O4S/c1-3-7-18(20(23)26-2)19(16-12-10-15(14-21)11-13-16)22-27(24,25)17-8-5-4-6-9-17/h3-13,19,22H,1H2,2H3/b18-7+. The highest BCUT2D eigenvalue weighted by molar-refractivity contribution is 7.89. The summed E-state index contributed by atoms with van der Waals surface area (Å²) in [6.07, 6.45) is 2.77. The Kier molecular flexibility index (Phi) is 6.66. The molecular formula is C20H18N2O4S. The van der Waals surface area contributed by atoms with Crippen molar-refractivity contribution in [3.05, 3.63) is 90.0 Å². The molecule has 2 rings (SSSR count). The molecular weight excluding hydrogens is 364 g/mol. The van der Waals surface area contributed by atoms with Gasteiger partial charge in [0.25, 0.3) is 0 Å². The molecule has 2 aromatic rings. The fourth-order valence-corrected chi connectivity index (χ4v) is 3.64. The first-order valence-electron chi connectivity index (χ1n) is 7.91. The van der Waals surface area contributed by atoms with Crippen LogP contribution in [0.5, 0.6) is 0 Å². The molecule has 0 radical (unpaired) electrons. The molecule has 0 aliphatic heterocycles. The van der Waals surface area contributed by atoms with Crippen LogP contribution >= 0.6 is 0 Å². The van der Waals surface area contributed by atoms with Gasteiger partial charge in [0.05, 0.1) is 35.3 Å². The third-order valence-corrected chi connectivity index (χ3v) is 5.17. The van der Waals surface area contributed by atoms with E-state index in [1.165, 1.54) is 31.4 Å². The van der Waals surface area contributed by atoms with Crippen LogP contribution in [0.15, 0.2) is 83.8 Å². The van der Waals surface area contributed by atoms with Gasteiger partial charge >= 0.3 is 5.97 Å². The summed E-state index contributed by atoms with van der Waals surface area (Å²) in [5.41, 5.74) is 0.958. The van der Waals surface area contributed by atoms with Gasteiger partial charge in [-0.05, 0) is 29.8 Å². The summed E-state index contributed by atoms with van der Waals surface area (Å²) in [4.78, 5) is 12.3. The fraction of sp³-hybridized carbons (Fsp3) is 0.100. The normalized spacial score (nSPS) is 12.7. The number of rotatable bonds is 7. The number of sulfonamides is 1. The molecule has 0 heterocycles. The lowest BCUT2D eigenvalue weighted by atomic mass is 9.98. The van der Waals surface area contributed by atoms with Gasteiger partial charge in [0.1, 0.15) is 0 Å². The molecule has 6 nitrogen and oxygen atoms in total. The third-order valence-electron chi connectivity index (χ3n) is 3.73. The van der Waals surface area contributed by atoms with E-state index < -0.39 is 22.0 Å². The van der Waals surface area contributed by atoms with Crippen LogP contribution in [-0.2, 0) is 19.6 Å². The van der Waals surface area contributed by atoms with Gasteiger partial charge in [-0.25, -0.2) is 13.2 Å². The van der Waals surface area contributed by atoms with Crippen molar-refractivity contribution in [1.82, 2.24) is 4.72 Å². The molecule has 138 valence electrons. The van der Waals surface area contributed by atoms with E-state index in [0.717, 1.165) is 0 Å². The molecule has 27 heavy (non-hydrogen) atoms. The fourth-order valence-electron chi connectivity index (χ4n) is 2.41. The molecule has 1 atom stereocenters. The molecule has 0 aromatic heterocycles.